The lowest BCUT2D eigenvalue weighted by atomic mass is 10.1. The summed E-state index contributed by atoms with van der Waals surface area (Å²) in [4.78, 5) is 0.293. The van der Waals surface area contributed by atoms with Crippen molar-refractivity contribution in [3.05, 3.63) is 60.2 Å². The first-order valence-electron chi connectivity index (χ1n) is 6.78. The molecule has 2 aromatic rings. The zero-order valence-corrected chi connectivity index (χ0v) is 13.3. The van der Waals surface area contributed by atoms with Gasteiger partial charge < -0.3 is 5.32 Å². The van der Waals surface area contributed by atoms with Gasteiger partial charge in [0, 0.05) is 13.1 Å². The van der Waals surface area contributed by atoms with E-state index in [1.54, 1.807) is 31.3 Å². The lowest BCUT2D eigenvalue weighted by Crippen LogP contribution is -2.26. The number of benzene rings is 2. The molecule has 4 nitrogen and oxygen atoms in total. The molecule has 21 heavy (non-hydrogen) atoms. The van der Waals surface area contributed by atoms with Gasteiger partial charge in [-0.25, -0.2) is 8.42 Å². The Morgan fingerprint density at radius 1 is 1.00 bits per heavy atom. The Hall–Kier alpha value is -1.85. The summed E-state index contributed by atoms with van der Waals surface area (Å²) in [5, 5.41) is 3.13. The molecular weight excluding hydrogens is 284 g/mol. The zero-order valence-electron chi connectivity index (χ0n) is 12.4. The second kappa shape index (κ2) is 6.28. The fourth-order valence-corrected chi connectivity index (χ4v) is 3.23. The first-order valence-corrected chi connectivity index (χ1v) is 8.22. The highest BCUT2D eigenvalue weighted by molar-refractivity contribution is 7.92. The molecule has 112 valence electrons. The first-order chi connectivity index (χ1) is 9.96. The lowest BCUT2D eigenvalue weighted by molar-refractivity contribution is 0.594. The monoisotopic (exact) mass is 304 g/mol. The van der Waals surface area contributed by atoms with E-state index in [0.717, 1.165) is 5.56 Å². The van der Waals surface area contributed by atoms with Gasteiger partial charge in [0.05, 0.1) is 10.6 Å². The minimum absolute atomic E-state index is 0.189. The van der Waals surface area contributed by atoms with Gasteiger partial charge in [-0.2, -0.15) is 0 Å². The van der Waals surface area contributed by atoms with Crippen LogP contribution in [0.5, 0.6) is 0 Å². The second-order valence-corrected chi connectivity index (χ2v) is 6.86. The number of nitrogens with zero attached hydrogens (tertiary/aromatic N) is 1. The molecule has 0 saturated heterocycles. The number of sulfonamides is 1. The van der Waals surface area contributed by atoms with Gasteiger partial charge in [0.25, 0.3) is 10.0 Å². The summed E-state index contributed by atoms with van der Waals surface area (Å²) in [6.07, 6.45) is 0. The zero-order chi connectivity index (χ0) is 15.5. The third-order valence-corrected chi connectivity index (χ3v) is 5.39. The Labute approximate surface area is 126 Å². The van der Waals surface area contributed by atoms with Crippen molar-refractivity contribution in [2.24, 2.45) is 0 Å². The van der Waals surface area contributed by atoms with Crippen LogP contribution in [0.15, 0.2) is 59.5 Å². The lowest BCUT2D eigenvalue weighted by Gasteiger charge is -2.20. The van der Waals surface area contributed by atoms with Gasteiger partial charge in [0.1, 0.15) is 0 Å². The highest BCUT2D eigenvalue weighted by Gasteiger charge is 2.21. The Morgan fingerprint density at radius 3 is 2.10 bits per heavy atom. The smallest absolute Gasteiger partial charge is 0.264 e. The van der Waals surface area contributed by atoms with E-state index in [-0.39, 0.29) is 6.04 Å². The maximum absolute atomic E-state index is 12.6. The van der Waals surface area contributed by atoms with E-state index in [1.165, 1.54) is 4.31 Å². The summed E-state index contributed by atoms with van der Waals surface area (Å²) < 4.78 is 26.5. The third kappa shape index (κ3) is 3.25. The maximum Gasteiger partial charge on any atom is 0.264 e. The quantitative estimate of drug-likeness (QED) is 0.924. The molecular formula is C16H20N2O2S. The molecule has 0 saturated carbocycles. The summed E-state index contributed by atoms with van der Waals surface area (Å²) in [6.45, 7) is 2.03. The van der Waals surface area contributed by atoms with Crippen LogP contribution in [0.4, 0.5) is 5.69 Å². The highest BCUT2D eigenvalue weighted by Crippen LogP contribution is 2.23. The summed E-state index contributed by atoms with van der Waals surface area (Å²) in [6, 6.07) is 16.2. The molecule has 5 heteroatoms. The number of nitrogens with one attached hydrogen (secondary N) is 1. The number of rotatable bonds is 5. The number of anilines is 1. The Balaban J connectivity index is 2.32. The number of hydrogen-bond acceptors (Lipinski definition) is 3. The van der Waals surface area contributed by atoms with Gasteiger partial charge in [-0.1, -0.05) is 30.3 Å². The van der Waals surface area contributed by atoms with Crippen molar-refractivity contribution in [2.75, 3.05) is 18.4 Å². The molecule has 1 unspecified atom stereocenters. The van der Waals surface area contributed by atoms with Gasteiger partial charge in [-0.3, -0.25) is 4.31 Å². The van der Waals surface area contributed by atoms with Crippen LogP contribution in [0, 0.1) is 0 Å². The van der Waals surface area contributed by atoms with Crippen molar-refractivity contribution in [3.63, 3.8) is 0 Å². The normalized spacial score (nSPS) is 12.9. The van der Waals surface area contributed by atoms with Gasteiger partial charge in [0.15, 0.2) is 0 Å². The molecule has 0 aliphatic heterocycles. The van der Waals surface area contributed by atoms with Crippen LogP contribution in [0.3, 0.4) is 0 Å². The Bertz CT molecular complexity index is 682. The predicted octanol–water partition coefficient (Wildman–Crippen LogP) is 2.79. The maximum atomic E-state index is 12.6. The summed E-state index contributed by atoms with van der Waals surface area (Å²) >= 11 is 0. The SMILES string of the molecule is CNC(C)c1ccc(S(=O)(=O)N(C)c2ccccc2)cc1. The van der Waals surface area contributed by atoms with Crippen molar-refractivity contribution >= 4 is 15.7 Å². The van der Waals surface area contributed by atoms with Gasteiger partial charge in [-0.05, 0) is 43.8 Å². The molecule has 0 spiro atoms. The molecule has 2 aromatic carbocycles. The fourth-order valence-electron chi connectivity index (χ4n) is 2.03. The predicted molar refractivity (Wildman–Crippen MR) is 85.9 cm³/mol. The second-order valence-electron chi connectivity index (χ2n) is 4.89. The molecule has 0 amide bonds. The number of para-hydroxylation sites is 1. The Kier molecular flexibility index (Phi) is 4.65. The van der Waals surface area contributed by atoms with Crippen LogP contribution in [0.2, 0.25) is 0 Å². The van der Waals surface area contributed by atoms with E-state index in [9.17, 15) is 8.42 Å². The molecule has 1 atom stereocenters. The van der Waals surface area contributed by atoms with E-state index in [2.05, 4.69) is 5.32 Å². The standard InChI is InChI=1S/C16H20N2O2S/c1-13(17-2)14-9-11-16(12-10-14)21(19,20)18(3)15-7-5-4-6-8-15/h4-13,17H,1-3H3. The molecule has 2 rings (SSSR count). The van der Waals surface area contributed by atoms with Crippen LogP contribution < -0.4 is 9.62 Å². The summed E-state index contributed by atoms with van der Waals surface area (Å²) in [5.74, 6) is 0. The van der Waals surface area contributed by atoms with E-state index in [1.807, 2.05) is 44.3 Å². The average Bonchev–Trinajstić information content (AvgIpc) is 2.54. The van der Waals surface area contributed by atoms with Crippen LogP contribution in [0.25, 0.3) is 0 Å². The summed E-state index contributed by atoms with van der Waals surface area (Å²) in [5.41, 5.74) is 1.70. The van der Waals surface area contributed by atoms with Gasteiger partial charge >= 0.3 is 0 Å². The molecule has 0 heterocycles. The van der Waals surface area contributed by atoms with Crippen molar-refractivity contribution in [3.8, 4) is 0 Å². The number of hydrogen-bond donors (Lipinski definition) is 1. The van der Waals surface area contributed by atoms with Crippen molar-refractivity contribution in [1.29, 1.82) is 0 Å². The Morgan fingerprint density at radius 2 is 1.57 bits per heavy atom. The summed E-state index contributed by atoms with van der Waals surface area (Å²) in [7, 11) is -0.0905. The molecule has 0 fully saturated rings. The third-order valence-electron chi connectivity index (χ3n) is 3.59. The van der Waals surface area contributed by atoms with Crippen LogP contribution in [-0.4, -0.2) is 22.5 Å². The van der Waals surface area contributed by atoms with Crippen molar-refractivity contribution < 1.29 is 8.42 Å². The molecule has 0 bridgehead atoms. The van der Waals surface area contributed by atoms with Crippen molar-refractivity contribution in [2.45, 2.75) is 17.9 Å². The molecule has 0 aliphatic rings. The highest BCUT2D eigenvalue weighted by atomic mass is 32.2. The fraction of sp³-hybridized carbons (Fsp3) is 0.250. The largest absolute Gasteiger partial charge is 0.313 e. The van der Waals surface area contributed by atoms with Crippen LogP contribution in [0.1, 0.15) is 18.5 Å². The van der Waals surface area contributed by atoms with Gasteiger partial charge in [-0.15, -0.1) is 0 Å². The topological polar surface area (TPSA) is 49.4 Å². The minimum atomic E-state index is -3.53. The average molecular weight is 304 g/mol. The van der Waals surface area contributed by atoms with Crippen molar-refractivity contribution in [1.82, 2.24) is 5.32 Å². The molecule has 0 aliphatic carbocycles. The van der Waals surface area contributed by atoms with Crippen LogP contribution in [-0.2, 0) is 10.0 Å². The minimum Gasteiger partial charge on any atom is -0.313 e. The van der Waals surface area contributed by atoms with E-state index in [0.29, 0.717) is 10.6 Å². The first kappa shape index (κ1) is 15.5. The van der Waals surface area contributed by atoms with Gasteiger partial charge in [0.2, 0.25) is 0 Å². The van der Waals surface area contributed by atoms with E-state index in [4.69, 9.17) is 0 Å². The van der Waals surface area contributed by atoms with Crippen LogP contribution >= 0.6 is 0 Å². The molecule has 1 N–H and O–H groups in total. The van der Waals surface area contributed by atoms with E-state index < -0.39 is 10.0 Å². The van der Waals surface area contributed by atoms with E-state index >= 15 is 0 Å². The molecule has 0 aromatic heterocycles. The molecule has 0 radical (unpaired) electrons.